The molecular formula is C39H43ClN6O5S. The second-order valence-corrected chi connectivity index (χ2v) is 16.7. The number of halogens is 1. The van der Waals surface area contributed by atoms with Gasteiger partial charge >= 0.3 is 12.1 Å². The summed E-state index contributed by atoms with van der Waals surface area (Å²) in [6, 6.07) is 14.4. The molecule has 1 N–H and O–H groups in total. The van der Waals surface area contributed by atoms with Crippen LogP contribution in [0.1, 0.15) is 81.3 Å². The summed E-state index contributed by atoms with van der Waals surface area (Å²) in [7, 11) is 1.43. The van der Waals surface area contributed by atoms with Crippen molar-refractivity contribution in [1.82, 2.24) is 29.5 Å². The normalized spacial score (nSPS) is 18.2. The number of hydrogen-bond acceptors (Lipinski definition) is 9. The van der Waals surface area contributed by atoms with Gasteiger partial charge < -0.3 is 19.5 Å². The molecule has 5 heterocycles. The number of hydrogen-bond donors (Lipinski definition) is 1. The Bertz CT molecular complexity index is 2180. The van der Waals surface area contributed by atoms with Crippen molar-refractivity contribution in [3.63, 3.8) is 0 Å². The summed E-state index contributed by atoms with van der Waals surface area (Å²) in [5.74, 6) is -0.766. The highest BCUT2D eigenvalue weighted by molar-refractivity contribution is 7.22. The zero-order valence-corrected chi connectivity index (χ0v) is 31.6. The van der Waals surface area contributed by atoms with Crippen LogP contribution in [0.15, 0.2) is 42.5 Å². The third kappa shape index (κ3) is 6.55. The summed E-state index contributed by atoms with van der Waals surface area (Å²) >= 11 is 7.81. The topological polar surface area (TPSA) is 123 Å². The molecule has 11 nitrogen and oxygen atoms in total. The van der Waals surface area contributed by atoms with Gasteiger partial charge in [-0.05, 0) is 108 Å². The van der Waals surface area contributed by atoms with Gasteiger partial charge in [-0.15, -0.1) is 11.3 Å². The molecule has 13 heteroatoms. The van der Waals surface area contributed by atoms with Crippen LogP contribution in [-0.2, 0) is 14.3 Å². The number of carbonyl (C=O) groups excluding carboxylic acids is 1. The number of pyridine rings is 1. The van der Waals surface area contributed by atoms with Gasteiger partial charge in [-0.3, -0.25) is 9.58 Å². The minimum atomic E-state index is -1.19. The fraction of sp³-hybridized carbons (Fsp3) is 0.462. The number of carboxylic acid groups (broad SMARTS) is 1. The van der Waals surface area contributed by atoms with Gasteiger partial charge in [0, 0.05) is 41.2 Å². The average Bonchev–Trinajstić information content (AvgIpc) is 3.74. The van der Waals surface area contributed by atoms with Crippen LogP contribution in [0.25, 0.3) is 43.1 Å². The summed E-state index contributed by atoms with van der Waals surface area (Å²) < 4.78 is 14.1. The standard InChI is InChI=1S/C39H43ClN6O5S/c1-21-18-28-35(31(22-6-8-24(40)9-7-22)30(21)34(37(47)48)51-39(2,3)4)52-36(42-28)27-12-13-29-33(41-27)32(43-46(29)25-10-11-25)23-14-16-44(17-15-23)26-19-45(20-26)38(49)50-5/h6-9,12-13,18,23,25-26,34H,10-11,14-17,19-20H2,1-5H3,(H,47,48)/t34-/m0/s1. The maximum absolute atomic E-state index is 12.8. The van der Waals surface area contributed by atoms with E-state index in [-0.39, 0.29) is 12.0 Å². The van der Waals surface area contributed by atoms with Crippen LogP contribution in [0.4, 0.5) is 4.79 Å². The lowest BCUT2D eigenvalue weighted by molar-refractivity contribution is -0.160. The van der Waals surface area contributed by atoms with Crippen LogP contribution >= 0.6 is 22.9 Å². The molecule has 8 rings (SSSR count). The van der Waals surface area contributed by atoms with E-state index in [0.29, 0.717) is 35.8 Å². The van der Waals surface area contributed by atoms with Crippen molar-refractivity contribution in [2.75, 3.05) is 33.3 Å². The van der Waals surface area contributed by atoms with Crippen molar-refractivity contribution in [1.29, 1.82) is 0 Å². The van der Waals surface area contributed by atoms with Crippen LogP contribution in [0, 0.1) is 6.92 Å². The molecule has 1 atom stereocenters. The maximum atomic E-state index is 12.8. The van der Waals surface area contributed by atoms with Crippen molar-refractivity contribution in [2.45, 2.75) is 83.1 Å². The summed E-state index contributed by atoms with van der Waals surface area (Å²) in [6.07, 6.45) is 2.76. The van der Waals surface area contributed by atoms with Gasteiger partial charge in [-0.2, -0.15) is 5.10 Å². The number of methoxy groups -OCH3 is 1. The van der Waals surface area contributed by atoms with Crippen molar-refractivity contribution in [3.8, 4) is 21.8 Å². The molecule has 3 aromatic heterocycles. The molecule has 2 aliphatic heterocycles. The second-order valence-electron chi connectivity index (χ2n) is 15.3. The van der Waals surface area contributed by atoms with E-state index in [1.54, 1.807) is 4.90 Å². The molecule has 1 aliphatic carbocycles. The maximum Gasteiger partial charge on any atom is 0.409 e. The lowest BCUT2D eigenvalue weighted by Crippen LogP contribution is -2.62. The monoisotopic (exact) mass is 742 g/mol. The zero-order valence-electron chi connectivity index (χ0n) is 30.1. The summed E-state index contributed by atoms with van der Waals surface area (Å²) in [4.78, 5) is 39.3. The van der Waals surface area contributed by atoms with E-state index >= 15 is 0 Å². The molecule has 52 heavy (non-hydrogen) atoms. The second kappa shape index (κ2) is 13.4. The quantitative estimate of drug-likeness (QED) is 0.167. The molecule has 1 saturated carbocycles. The zero-order chi connectivity index (χ0) is 36.5. The number of aliphatic carboxylic acids is 1. The Balaban J connectivity index is 1.17. The minimum Gasteiger partial charge on any atom is -0.479 e. The van der Waals surface area contributed by atoms with E-state index < -0.39 is 17.7 Å². The number of benzene rings is 2. The highest BCUT2D eigenvalue weighted by Gasteiger charge is 2.39. The van der Waals surface area contributed by atoms with Gasteiger partial charge in [0.1, 0.15) is 10.5 Å². The number of carbonyl (C=O) groups is 2. The molecule has 3 fully saturated rings. The van der Waals surface area contributed by atoms with E-state index in [1.165, 1.54) is 18.4 Å². The molecule has 0 bridgehead atoms. The van der Waals surface area contributed by atoms with Gasteiger partial charge in [0.25, 0.3) is 0 Å². The van der Waals surface area contributed by atoms with Crippen molar-refractivity contribution < 1.29 is 24.2 Å². The third-order valence-corrected chi connectivity index (χ3v) is 11.8. The van der Waals surface area contributed by atoms with E-state index in [4.69, 9.17) is 36.1 Å². The van der Waals surface area contributed by atoms with Crippen LogP contribution < -0.4 is 0 Å². The average molecular weight is 743 g/mol. The number of rotatable bonds is 8. The largest absolute Gasteiger partial charge is 0.479 e. The highest BCUT2D eigenvalue weighted by atomic mass is 35.5. The lowest BCUT2D eigenvalue weighted by atomic mass is 9.91. The molecule has 2 aromatic carbocycles. The molecule has 1 amide bonds. The summed E-state index contributed by atoms with van der Waals surface area (Å²) in [5.41, 5.74) is 6.91. The van der Waals surface area contributed by atoms with Crippen LogP contribution in [0.5, 0.6) is 0 Å². The fourth-order valence-corrected chi connectivity index (χ4v) is 8.91. The number of aryl methyl sites for hydroxylation is 1. The number of likely N-dealkylation sites (tertiary alicyclic amines) is 2. The fourth-order valence-electron chi connectivity index (χ4n) is 7.68. The first-order valence-electron chi connectivity index (χ1n) is 18.0. The molecule has 0 spiro atoms. The Kier molecular flexibility index (Phi) is 9.00. The summed E-state index contributed by atoms with van der Waals surface area (Å²) in [5, 5.41) is 17.0. The van der Waals surface area contributed by atoms with Gasteiger partial charge in [-0.25, -0.2) is 19.6 Å². The van der Waals surface area contributed by atoms with E-state index in [9.17, 15) is 14.7 Å². The van der Waals surface area contributed by atoms with Crippen molar-refractivity contribution >= 4 is 56.3 Å². The van der Waals surface area contributed by atoms with Crippen molar-refractivity contribution in [3.05, 3.63) is 64.3 Å². The molecular weight excluding hydrogens is 700 g/mol. The predicted molar refractivity (Wildman–Crippen MR) is 202 cm³/mol. The molecule has 2 saturated heterocycles. The number of fused-ring (bicyclic) bond motifs is 2. The molecule has 5 aromatic rings. The first kappa shape index (κ1) is 35.0. The van der Waals surface area contributed by atoms with Gasteiger partial charge in [0.15, 0.2) is 6.10 Å². The number of thiazole rings is 1. The van der Waals surface area contributed by atoms with Gasteiger partial charge in [0.2, 0.25) is 0 Å². The summed E-state index contributed by atoms with van der Waals surface area (Å²) in [6.45, 7) is 10.8. The molecule has 272 valence electrons. The number of nitrogens with zero attached hydrogens (tertiary/aromatic N) is 6. The Morgan fingerprint density at radius 1 is 1.00 bits per heavy atom. The third-order valence-electron chi connectivity index (χ3n) is 10.4. The smallest absolute Gasteiger partial charge is 0.409 e. The molecule has 0 radical (unpaired) electrons. The van der Waals surface area contributed by atoms with Crippen LogP contribution in [0.2, 0.25) is 5.02 Å². The van der Waals surface area contributed by atoms with E-state index in [1.807, 2.05) is 64.1 Å². The van der Waals surface area contributed by atoms with Crippen molar-refractivity contribution in [2.24, 2.45) is 0 Å². The predicted octanol–water partition coefficient (Wildman–Crippen LogP) is 8.24. The Morgan fingerprint density at radius 2 is 1.71 bits per heavy atom. The lowest BCUT2D eigenvalue weighted by Gasteiger charge is -2.46. The Hall–Kier alpha value is -4.10. The van der Waals surface area contributed by atoms with Crippen LogP contribution in [0.3, 0.4) is 0 Å². The number of aromatic nitrogens is 4. The number of piperidine rings is 1. The number of amides is 1. The van der Waals surface area contributed by atoms with E-state index in [0.717, 1.165) is 93.1 Å². The van der Waals surface area contributed by atoms with Gasteiger partial charge in [-0.1, -0.05) is 23.7 Å². The Morgan fingerprint density at radius 3 is 2.35 bits per heavy atom. The first-order chi connectivity index (χ1) is 24.9. The minimum absolute atomic E-state index is 0.256. The number of ether oxygens (including phenoxy) is 2. The molecule has 3 aliphatic rings. The number of carboxylic acids is 1. The van der Waals surface area contributed by atoms with Crippen LogP contribution in [-0.4, -0.2) is 91.6 Å². The molecule has 0 unspecified atom stereocenters. The highest BCUT2D eigenvalue weighted by Crippen LogP contribution is 2.45. The Labute approximate surface area is 311 Å². The van der Waals surface area contributed by atoms with E-state index in [2.05, 4.69) is 15.6 Å². The van der Waals surface area contributed by atoms with Gasteiger partial charge in [0.05, 0.1) is 45.9 Å². The SMILES string of the molecule is COC(=O)N1CC(N2CCC(c3nn(C4CC4)c4ccc(-c5nc6cc(C)c([C@H](OC(C)(C)C)C(=O)O)c(-c7ccc(Cl)cc7)c6s5)nc34)CC2)C1. The first-order valence-corrected chi connectivity index (χ1v) is 19.1.